The van der Waals surface area contributed by atoms with Crippen LogP contribution in [-0.4, -0.2) is 24.7 Å². The van der Waals surface area contributed by atoms with E-state index in [1.165, 1.54) is 5.56 Å². The van der Waals surface area contributed by atoms with Crippen molar-refractivity contribution >= 4 is 0 Å². The van der Waals surface area contributed by atoms with Crippen molar-refractivity contribution in [2.75, 3.05) is 13.7 Å². The van der Waals surface area contributed by atoms with Crippen LogP contribution >= 0.6 is 0 Å². The Kier molecular flexibility index (Phi) is 4.56. The Morgan fingerprint density at radius 1 is 1.36 bits per heavy atom. The van der Waals surface area contributed by atoms with Crippen LogP contribution in [0.15, 0.2) is 24.5 Å². The smallest absolute Gasteiger partial charge is 0.0613 e. The van der Waals surface area contributed by atoms with E-state index in [0.29, 0.717) is 12.1 Å². The van der Waals surface area contributed by atoms with Gasteiger partial charge in [-0.2, -0.15) is 0 Å². The fourth-order valence-corrected chi connectivity index (χ4v) is 1.47. The highest BCUT2D eigenvalue weighted by Crippen LogP contribution is 2.10. The first-order valence-corrected chi connectivity index (χ1v) is 4.89. The zero-order valence-electron chi connectivity index (χ0n) is 9.03. The van der Waals surface area contributed by atoms with Gasteiger partial charge in [0, 0.05) is 31.6 Å². The molecule has 0 fully saturated rings. The number of hydrogen-bond donors (Lipinski definition) is 1. The van der Waals surface area contributed by atoms with Crippen molar-refractivity contribution in [3.63, 3.8) is 0 Å². The van der Waals surface area contributed by atoms with E-state index in [-0.39, 0.29) is 0 Å². The highest BCUT2D eigenvalue weighted by atomic mass is 16.5. The molecule has 0 bridgehead atoms. The summed E-state index contributed by atoms with van der Waals surface area (Å²) >= 11 is 0. The van der Waals surface area contributed by atoms with Crippen molar-refractivity contribution in [3.05, 3.63) is 30.1 Å². The van der Waals surface area contributed by atoms with E-state index in [4.69, 9.17) is 4.74 Å². The van der Waals surface area contributed by atoms with Crippen molar-refractivity contribution in [2.24, 2.45) is 0 Å². The van der Waals surface area contributed by atoms with Crippen LogP contribution in [0.4, 0.5) is 0 Å². The SMILES string of the molecule is COCC(C)NC(C)c1ccncc1. The number of ether oxygens (including phenoxy) is 1. The summed E-state index contributed by atoms with van der Waals surface area (Å²) in [6.45, 7) is 4.98. The van der Waals surface area contributed by atoms with Crippen LogP contribution < -0.4 is 5.32 Å². The predicted octanol–water partition coefficient (Wildman–Crippen LogP) is 1.77. The monoisotopic (exact) mass is 194 g/mol. The Bertz CT molecular complexity index is 251. The number of hydrogen-bond acceptors (Lipinski definition) is 3. The Hall–Kier alpha value is -0.930. The number of aromatic nitrogens is 1. The standard InChI is InChI=1S/C11H18N2O/c1-9(8-14-3)13-10(2)11-4-6-12-7-5-11/h4-7,9-10,13H,8H2,1-3H3. The molecule has 3 heteroatoms. The maximum Gasteiger partial charge on any atom is 0.0613 e. The number of nitrogens with one attached hydrogen (secondary N) is 1. The molecule has 0 saturated heterocycles. The normalized spacial score (nSPS) is 15.1. The minimum atomic E-state index is 0.336. The molecule has 1 aromatic rings. The highest BCUT2D eigenvalue weighted by molar-refractivity contribution is 5.14. The Morgan fingerprint density at radius 2 is 2.00 bits per heavy atom. The molecule has 1 heterocycles. The molecule has 0 spiro atoms. The molecular weight excluding hydrogens is 176 g/mol. The summed E-state index contributed by atoms with van der Waals surface area (Å²) in [5.41, 5.74) is 1.25. The molecular formula is C11H18N2O. The van der Waals surface area contributed by atoms with Crippen molar-refractivity contribution in [1.82, 2.24) is 10.3 Å². The van der Waals surface area contributed by atoms with Crippen molar-refractivity contribution in [3.8, 4) is 0 Å². The molecule has 2 atom stereocenters. The fourth-order valence-electron chi connectivity index (χ4n) is 1.47. The largest absolute Gasteiger partial charge is 0.383 e. The lowest BCUT2D eigenvalue weighted by Gasteiger charge is -2.19. The first kappa shape index (κ1) is 11.1. The summed E-state index contributed by atoms with van der Waals surface area (Å²) in [6.07, 6.45) is 3.63. The van der Waals surface area contributed by atoms with Gasteiger partial charge in [-0.25, -0.2) is 0 Å². The molecule has 2 unspecified atom stereocenters. The van der Waals surface area contributed by atoms with Crippen molar-refractivity contribution in [2.45, 2.75) is 25.9 Å². The fraction of sp³-hybridized carbons (Fsp3) is 0.545. The third-order valence-corrected chi connectivity index (χ3v) is 2.16. The van der Waals surface area contributed by atoms with Crippen LogP contribution in [-0.2, 0) is 4.74 Å². The molecule has 0 radical (unpaired) electrons. The van der Waals surface area contributed by atoms with E-state index in [1.807, 2.05) is 24.5 Å². The van der Waals surface area contributed by atoms with Crippen LogP contribution in [0.5, 0.6) is 0 Å². The molecule has 14 heavy (non-hydrogen) atoms. The van der Waals surface area contributed by atoms with Gasteiger partial charge in [-0.3, -0.25) is 4.98 Å². The second kappa shape index (κ2) is 5.73. The van der Waals surface area contributed by atoms with Gasteiger partial charge in [0.1, 0.15) is 0 Å². The minimum absolute atomic E-state index is 0.336. The molecule has 3 nitrogen and oxygen atoms in total. The quantitative estimate of drug-likeness (QED) is 0.775. The van der Waals surface area contributed by atoms with E-state index in [1.54, 1.807) is 7.11 Å². The van der Waals surface area contributed by atoms with Crippen LogP contribution in [0.25, 0.3) is 0 Å². The molecule has 78 valence electrons. The van der Waals surface area contributed by atoms with Crippen molar-refractivity contribution < 1.29 is 4.74 Å². The zero-order valence-corrected chi connectivity index (χ0v) is 9.03. The topological polar surface area (TPSA) is 34.1 Å². The van der Waals surface area contributed by atoms with Gasteiger partial charge in [0.25, 0.3) is 0 Å². The summed E-state index contributed by atoms with van der Waals surface area (Å²) in [5.74, 6) is 0. The van der Waals surface area contributed by atoms with Gasteiger partial charge in [0.15, 0.2) is 0 Å². The number of nitrogens with zero attached hydrogens (tertiary/aromatic N) is 1. The van der Waals surface area contributed by atoms with E-state index < -0.39 is 0 Å². The van der Waals surface area contributed by atoms with E-state index in [2.05, 4.69) is 24.1 Å². The highest BCUT2D eigenvalue weighted by Gasteiger charge is 2.08. The summed E-state index contributed by atoms with van der Waals surface area (Å²) in [6, 6.07) is 4.75. The lowest BCUT2D eigenvalue weighted by Crippen LogP contribution is -2.32. The van der Waals surface area contributed by atoms with Crippen LogP contribution in [0, 0.1) is 0 Å². The van der Waals surface area contributed by atoms with E-state index >= 15 is 0 Å². The molecule has 0 amide bonds. The Labute approximate surface area is 85.5 Å². The second-order valence-corrected chi connectivity index (χ2v) is 3.53. The zero-order chi connectivity index (χ0) is 10.4. The van der Waals surface area contributed by atoms with Gasteiger partial charge in [0.2, 0.25) is 0 Å². The number of rotatable bonds is 5. The Morgan fingerprint density at radius 3 is 2.57 bits per heavy atom. The van der Waals surface area contributed by atoms with Gasteiger partial charge in [-0.05, 0) is 31.5 Å². The first-order valence-electron chi connectivity index (χ1n) is 4.89. The van der Waals surface area contributed by atoms with Gasteiger partial charge >= 0.3 is 0 Å². The molecule has 0 aliphatic rings. The average molecular weight is 194 g/mol. The molecule has 1 rings (SSSR count). The molecule has 0 saturated carbocycles. The summed E-state index contributed by atoms with van der Waals surface area (Å²) in [4.78, 5) is 3.99. The van der Waals surface area contributed by atoms with Crippen LogP contribution in [0.3, 0.4) is 0 Å². The minimum Gasteiger partial charge on any atom is -0.383 e. The lowest BCUT2D eigenvalue weighted by molar-refractivity contribution is 0.167. The number of methoxy groups -OCH3 is 1. The average Bonchev–Trinajstić information content (AvgIpc) is 2.19. The molecule has 0 aromatic carbocycles. The second-order valence-electron chi connectivity index (χ2n) is 3.53. The van der Waals surface area contributed by atoms with Gasteiger partial charge in [-0.15, -0.1) is 0 Å². The third kappa shape index (κ3) is 3.44. The maximum absolute atomic E-state index is 5.07. The molecule has 1 N–H and O–H groups in total. The predicted molar refractivity (Wildman–Crippen MR) is 57.1 cm³/mol. The lowest BCUT2D eigenvalue weighted by atomic mass is 10.1. The van der Waals surface area contributed by atoms with Crippen LogP contribution in [0.2, 0.25) is 0 Å². The Balaban J connectivity index is 2.46. The number of pyridine rings is 1. The summed E-state index contributed by atoms with van der Waals surface area (Å²) in [7, 11) is 1.72. The first-order chi connectivity index (χ1) is 6.74. The summed E-state index contributed by atoms with van der Waals surface area (Å²) < 4.78 is 5.07. The summed E-state index contributed by atoms with van der Waals surface area (Å²) in [5, 5.41) is 3.44. The van der Waals surface area contributed by atoms with E-state index in [0.717, 1.165) is 6.61 Å². The molecule has 0 aliphatic carbocycles. The van der Waals surface area contributed by atoms with Crippen LogP contribution in [0.1, 0.15) is 25.5 Å². The molecule has 0 aliphatic heterocycles. The van der Waals surface area contributed by atoms with Crippen molar-refractivity contribution in [1.29, 1.82) is 0 Å². The maximum atomic E-state index is 5.07. The van der Waals surface area contributed by atoms with Gasteiger partial charge in [0.05, 0.1) is 6.61 Å². The van der Waals surface area contributed by atoms with E-state index in [9.17, 15) is 0 Å². The van der Waals surface area contributed by atoms with Gasteiger partial charge in [-0.1, -0.05) is 0 Å². The third-order valence-electron chi connectivity index (χ3n) is 2.16. The molecule has 1 aromatic heterocycles. The van der Waals surface area contributed by atoms with Gasteiger partial charge < -0.3 is 10.1 Å².